The van der Waals surface area contributed by atoms with E-state index < -0.39 is 23.5 Å². The normalized spacial score (nSPS) is 18.7. The summed E-state index contributed by atoms with van der Waals surface area (Å²) in [6.07, 6.45) is 0.309. The van der Waals surface area contributed by atoms with Gasteiger partial charge in [0.25, 0.3) is 5.91 Å². The van der Waals surface area contributed by atoms with Crippen LogP contribution in [0.5, 0.6) is 0 Å². The van der Waals surface area contributed by atoms with E-state index in [0.29, 0.717) is 12.8 Å². The molecule has 1 aliphatic carbocycles. The highest BCUT2D eigenvalue weighted by Gasteiger charge is 2.49. The van der Waals surface area contributed by atoms with Gasteiger partial charge in [0.05, 0.1) is 0 Å². The summed E-state index contributed by atoms with van der Waals surface area (Å²) in [5, 5.41) is 19.4. The summed E-state index contributed by atoms with van der Waals surface area (Å²) < 4.78 is 10.2. The molecule has 35 heavy (non-hydrogen) atoms. The van der Waals surface area contributed by atoms with Crippen LogP contribution in [0.2, 0.25) is 0 Å². The second-order valence-electron chi connectivity index (χ2n) is 8.66. The fourth-order valence-corrected chi connectivity index (χ4v) is 5.19. The van der Waals surface area contributed by atoms with Gasteiger partial charge in [-0.1, -0.05) is 55.5 Å². The minimum absolute atomic E-state index is 0.0818. The predicted molar refractivity (Wildman–Crippen MR) is 124 cm³/mol. The molecule has 3 aromatic rings. The Morgan fingerprint density at radius 1 is 1.11 bits per heavy atom. The lowest BCUT2D eigenvalue weighted by atomic mass is 9.93. The third-order valence-electron chi connectivity index (χ3n) is 6.97. The van der Waals surface area contributed by atoms with Crippen LogP contribution in [-0.4, -0.2) is 57.0 Å². The Bertz CT molecular complexity index is 1260. The van der Waals surface area contributed by atoms with Crippen LogP contribution in [0.1, 0.15) is 53.7 Å². The van der Waals surface area contributed by atoms with Crippen molar-refractivity contribution in [2.75, 3.05) is 18.5 Å². The number of hydrogen-bond donors (Lipinski definition) is 2. The number of anilines is 1. The van der Waals surface area contributed by atoms with Crippen molar-refractivity contribution >= 4 is 23.8 Å². The van der Waals surface area contributed by atoms with Gasteiger partial charge in [-0.05, 0) is 51.8 Å². The molecule has 1 fully saturated rings. The molecule has 2 aromatic carbocycles. The van der Waals surface area contributed by atoms with Crippen LogP contribution in [0.3, 0.4) is 0 Å². The number of fused-ring (bicyclic) bond motifs is 3. The Balaban J connectivity index is 1.29. The standard InChI is InChI=1S/C25H24N4O6/c1-2-25(23(31)32)12-7-13-29(25)22(30)20-21(28-35-27-20)26-24(33)34-14-19-17-10-5-3-8-15(17)16-9-4-6-11-18(16)19/h3-6,8-11,19H,2,7,12-14H2,1H3,(H,31,32)(H,26,28,33). The number of carbonyl (C=O) groups is 3. The number of aliphatic carboxylic acids is 1. The van der Waals surface area contributed by atoms with Crippen LogP contribution in [0.25, 0.3) is 11.1 Å². The smallest absolute Gasteiger partial charge is 0.412 e. The number of carboxylic acids is 1. The van der Waals surface area contributed by atoms with E-state index >= 15 is 0 Å². The zero-order chi connectivity index (χ0) is 24.6. The third-order valence-corrected chi connectivity index (χ3v) is 6.97. The zero-order valence-corrected chi connectivity index (χ0v) is 19.1. The number of carboxylic acid groups (broad SMARTS) is 1. The molecular formula is C25H24N4O6. The van der Waals surface area contributed by atoms with Gasteiger partial charge in [0.1, 0.15) is 12.1 Å². The SMILES string of the molecule is CCC1(C(=O)O)CCCN1C(=O)c1nonc1NC(=O)OCC1c2ccccc2-c2ccccc21. The van der Waals surface area contributed by atoms with Crippen molar-refractivity contribution < 1.29 is 28.9 Å². The lowest BCUT2D eigenvalue weighted by molar-refractivity contribution is -0.148. The molecule has 1 aromatic heterocycles. The summed E-state index contributed by atoms with van der Waals surface area (Å²) in [6.45, 7) is 2.06. The van der Waals surface area contributed by atoms with E-state index in [1.165, 1.54) is 4.90 Å². The Labute approximate surface area is 200 Å². The Morgan fingerprint density at radius 3 is 2.40 bits per heavy atom. The van der Waals surface area contributed by atoms with E-state index in [1.54, 1.807) is 6.92 Å². The highest BCUT2D eigenvalue weighted by molar-refractivity contribution is 6.02. The average molecular weight is 476 g/mol. The first-order chi connectivity index (χ1) is 17.0. The second kappa shape index (κ2) is 8.86. The molecule has 2 heterocycles. The van der Waals surface area contributed by atoms with Crippen molar-refractivity contribution in [3.05, 3.63) is 65.4 Å². The maximum absolute atomic E-state index is 13.1. The van der Waals surface area contributed by atoms with E-state index in [9.17, 15) is 19.5 Å². The van der Waals surface area contributed by atoms with Crippen LogP contribution >= 0.6 is 0 Å². The molecule has 2 N–H and O–H groups in total. The molecule has 2 aliphatic rings. The van der Waals surface area contributed by atoms with Crippen molar-refractivity contribution in [2.24, 2.45) is 0 Å². The second-order valence-corrected chi connectivity index (χ2v) is 8.66. The van der Waals surface area contributed by atoms with Crippen LogP contribution in [0.15, 0.2) is 53.2 Å². The number of benzene rings is 2. The summed E-state index contributed by atoms with van der Waals surface area (Å²) in [5.41, 5.74) is 2.76. The number of nitrogens with zero attached hydrogens (tertiary/aromatic N) is 3. The third kappa shape index (κ3) is 3.71. The maximum atomic E-state index is 13.1. The summed E-state index contributed by atoms with van der Waals surface area (Å²) in [4.78, 5) is 39.0. The number of rotatable bonds is 6. The van der Waals surface area contributed by atoms with Crippen LogP contribution in [0, 0.1) is 0 Å². The molecule has 180 valence electrons. The molecule has 0 saturated carbocycles. The fourth-order valence-electron chi connectivity index (χ4n) is 5.19. The number of amides is 2. The van der Waals surface area contributed by atoms with Gasteiger partial charge in [-0.15, -0.1) is 0 Å². The predicted octanol–water partition coefficient (Wildman–Crippen LogP) is 3.90. The monoisotopic (exact) mass is 476 g/mol. The molecule has 5 rings (SSSR count). The Morgan fingerprint density at radius 2 is 1.77 bits per heavy atom. The first-order valence-corrected chi connectivity index (χ1v) is 11.5. The maximum Gasteiger partial charge on any atom is 0.412 e. The minimum Gasteiger partial charge on any atom is -0.479 e. The van der Waals surface area contributed by atoms with E-state index in [1.807, 2.05) is 48.5 Å². The highest BCUT2D eigenvalue weighted by atomic mass is 16.6. The molecule has 0 radical (unpaired) electrons. The van der Waals surface area contributed by atoms with Gasteiger partial charge >= 0.3 is 12.1 Å². The van der Waals surface area contributed by atoms with Gasteiger partial charge in [-0.25, -0.2) is 14.2 Å². The molecule has 2 amide bonds. The molecule has 10 nitrogen and oxygen atoms in total. The Kier molecular flexibility index (Phi) is 5.72. The molecule has 1 unspecified atom stereocenters. The number of nitrogens with one attached hydrogen (secondary N) is 1. The first kappa shape index (κ1) is 22.6. The van der Waals surface area contributed by atoms with Crippen molar-refractivity contribution in [1.29, 1.82) is 0 Å². The summed E-state index contributed by atoms with van der Waals surface area (Å²) in [5.74, 6) is -2.08. The quantitative estimate of drug-likeness (QED) is 0.547. The van der Waals surface area contributed by atoms with Gasteiger partial charge in [-0.3, -0.25) is 10.1 Å². The van der Waals surface area contributed by atoms with Crippen LogP contribution in [0.4, 0.5) is 10.6 Å². The number of ether oxygens (including phenoxy) is 1. The number of carbonyl (C=O) groups excluding carboxylic acids is 2. The van der Waals surface area contributed by atoms with Crippen molar-refractivity contribution in [3.63, 3.8) is 0 Å². The number of aromatic nitrogens is 2. The zero-order valence-electron chi connectivity index (χ0n) is 19.1. The lowest BCUT2D eigenvalue weighted by Crippen LogP contribution is -2.52. The largest absolute Gasteiger partial charge is 0.479 e. The molecule has 10 heteroatoms. The van der Waals surface area contributed by atoms with Gasteiger partial charge < -0.3 is 14.7 Å². The van der Waals surface area contributed by atoms with Gasteiger partial charge in [0.2, 0.25) is 11.5 Å². The number of hydrogen-bond acceptors (Lipinski definition) is 7. The van der Waals surface area contributed by atoms with Crippen LogP contribution < -0.4 is 5.32 Å². The van der Waals surface area contributed by atoms with E-state index in [4.69, 9.17) is 9.37 Å². The van der Waals surface area contributed by atoms with Crippen molar-refractivity contribution in [1.82, 2.24) is 15.2 Å². The minimum atomic E-state index is -1.32. The molecule has 1 atom stereocenters. The van der Waals surface area contributed by atoms with Crippen molar-refractivity contribution in [3.8, 4) is 11.1 Å². The highest BCUT2D eigenvalue weighted by Crippen LogP contribution is 2.44. The fraction of sp³-hybridized carbons (Fsp3) is 0.320. The molecule has 0 spiro atoms. The molecule has 1 aliphatic heterocycles. The van der Waals surface area contributed by atoms with Crippen LogP contribution in [-0.2, 0) is 9.53 Å². The van der Waals surface area contributed by atoms with Gasteiger partial charge in [0, 0.05) is 12.5 Å². The first-order valence-electron chi connectivity index (χ1n) is 11.5. The van der Waals surface area contributed by atoms with E-state index in [0.717, 1.165) is 22.3 Å². The number of likely N-dealkylation sites (tertiary alicyclic amines) is 1. The summed E-state index contributed by atoms with van der Waals surface area (Å²) in [6, 6.07) is 15.9. The summed E-state index contributed by atoms with van der Waals surface area (Å²) >= 11 is 0. The lowest BCUT2D eigenvalue weighted by Gasteiger charge is -2.33. The average Bonchev–Trinajstić information content (AvgIpc) is 3.59. The molecule has 0 bridgehead atoms. The van der Waals surface area contributed by atoms with Gasteiger partial charge in [-0.2, -0.15) is 0 Å². The summed E-state index contributed by atoms with van der Waals surface area (Å²) in [7, 11) is 0. The molecule has 1 saturated heterocycles. The van der Waals surface area contributed by atoms with Gasteiger partial charge in [0.15, 0.2) is 0 Å². The topological polar surface area (TPSA) is 135 Å². The van der Waals surface area contributed by atoms with Crippen molar-refractivity contribution in [2.45, 2.75) is 37.6 Å². The van der Waals surface area contributed by atoms with E-state index in [2.05, 4.69) is 15.6 Å². The molecular weight excluding hydrogens is 452 g/mol. The van der Waals surface area contributed by atoms with E-state index in [-0.39, 0.29) is 37.0 Å². The Hall–Kier alpha value is -4.21.